The van der Waals surface area contributed by atoms with Gasteiger partial charge in [-0.25, -0.2) is 8.78 Å². The lowest BCUT2D eigenvalue weighted by Gasteiger charge is -2.00. The largest absolute Gasteiger partial charge is 0.293 e. The summed E-state index contributed by atoms with van der Waals surface area (Å²) in [4.78, 5) is 11.1. The van der Waals surface area contributed by atoms with E-state index in [0.717, 1.165) is 12.8 Å². The minimum atomic E-state index is -2.60. The summed E-state index contributed by atoms with van der Waals surface area (Å²) >= 11 is 0. The molecule has 0 unspecified atom stereocenters. The van der Waals surface area contributed by atoms with E-state index >= 15 is 0 Å². The van der Waals surface area contributed by atoms with Gasteiger partial charge in [-0.3, -0.25) is 9.48 Å². The monoisotopic (exact) mass is 200 g/mol. The van der Waals surface area contributed by atoms with Crippen molar-refractivity contribution in [2.45, 2.75) is 32.2 Å². The van der Waals surface area contributed by atoms with Crippen molar-refractivity contribution in [2.24, 2.45) is 0 Å². The van der Waals surface area contributed by atoms with Crippen LogP contribution in [-0.4, -0.2) is 15.6 Å². The van der Waals surface area contributed by atoms with Gasteiger partial charge in [0.15, 0.2) is 5.78 Å². The van der Waals surface area contributed by atoms with Gasteiger partial charge >= 0.3 is 0 Å². The van der Waals surface area contributed by atoms with E-state index in [1.54, 1.807) is 0 Å². The fourth-order valence-electron chi connectivity index (χ4n) is 1.38. The maximum atomic E-state index is 12.3. The molecule has 1 aliphatic carbocycles. The third kappa shape index (κ3) is 1.54. The molecular formula is C9H10F2N2O. The number of carbonyl (C=O) groups excluding carboxylic acids is 1. The Kier molecular flexibility index (Phi) is 2.09. The number of Topliss-reactive ketones (excluding diaryl/α,β-unsaturated/α-hetero) is 1. The molecule has 2 rings (SSSR count). The number of ketones is 1. The van der Waals surface area contributed by atoms with Crippen LogP contribution in [0.15, 0.2) is 6.07 Å². The Labute approximate surface area is 79.7 Å². The van der Waals surface area contributed by atoms with Crippen molar-refractivity contribution in [1.29, 1.82) is 0 Å². The highest BCUT2D eigenvalue weighted by molar-refractivity contribution is 5.92. The third-order valence-electron chi connectivity index (χ3n) is 2.23. The topological polar surface area (TPSA) is 34.9 Å². The molecule has 0 aliphatic heterocycles. The summed E-state index contributed by atoms with van der Waals surface area (Å²) in [6.07, 6.45) is -0.761. The van der Waals surface area contributed by atoms with Gasteiger partial charge in [0.1, 0.15) is 11.4 Å². The number of aromatic nitrogens is 2. The predicted octanol–water partition coefficient (Wildman–Crippen LogP) is 2.36. The number of carbonyl (C=O) groups is 1. The van der Waals surface area contributed by atoms with E-state index in [4.69, 9.17) is 0 Å². The molecule has 1 fully saturated rings. The van der Waals surface area contributed by atoms with E-state index in [1.807, 2.05) is 0 Å². The molecule has 1 aromatic heterocycles. The van der Waals surface area contributed by atoms with Crippen molar-refractivity contribution < 1.29 is 13.6 Å². The number of hydrogen-bond acceptors (Lipinski definition) is 2. The van der Waals surface area contributed by atoms with E-state index in [0.29, 0.717) is 5.69 Å². The van der Waals surface area contributed by atoms with Crippen LogP contribution in [0.4, 0.5) is 8.78 Å². The molecule has 76 valence electrons. The maximum absolute atomic E-state index is 12.3. The number of rotatable bonds is 3. The normalized spacial score (nSPS) is 16.3. The summed E-state index contributed by atoms with van der Waals surface area (Å²) in [5, 5.41) is 3.74. The van der Waals surface area contributed by atoms with Crippen molar-refractivity contribution >= 4 is 5.78 Å². The second-order valence-electron chi connectivity index (χ2n) is 3.49. The molecule has 0 saturated heterocycles. The lowest BCUT2D eigenvalue weighted by Crippen LogP contribution is -2.06. The van der Waals surface area contributed by atoms with Gasteiger partial charge in [-0.05, 0) is 18.9 Å². The van der Waals surface area contributed by atoms with Crippen molar-refractivity contribution in [3.05, 3.63) is 17.5 Å². The lowest BCUT2D eigenvalue weighted by molar-refractivity contribution is 0.100. The zero-order valence-corrected chi connectivity index (χ0v) is 7.70. The molecule has 14 heavy (non-hydrogen) atoms. The third-order valence-corrected chi connectivity index (χ3v) is 2.23. The van der Waals surface area contributed by atoms with Crippen molar-refractivity contribution in [2.75, 3.05) is 0 Å². The first-order chi connectivity index (χ1) is 6.59. The quantitative estimate of drug-likeness (QED) is 0.702. The molecule has 0 spiro atoms. The average molecular weight is 200 g/mol. The first-order valence-electron chi connectivity index (χ1n) is 4.48. The highest BCUT2D eigenvalue weighted by atomic mass is 19.3. The van der Waals surface area contributed by atoms with Gasteiger partial charge < -0.3 is 0 Å². The van der Waals surface area contributed by atoms with Crippen LogP contribution in [-0.2, 0) is 0 Å². The Hall–Kier alpha value is -1.26. The van der Waals surface area contributed by atoms with E-state index in [-0.39, 0.29) is 17.5 Å². The summed E-state index contributed by atoms with van der Waals surface area (Å²) in [7, 11) is 0. The van der Waals surface area contributed by atoms with Gasteiger partial charge in [0.05, 0.1) is 6.04 Å². The molecule has 1 aliphatic rings. The molecule has 0 N–H and O–H groups in total. The Morgan fingerprint density at radius 2 is 2.29 bits per heavy atom. The molecule has 0 radical (unpaired) electrons. The molecular weight excluding hydrogens is 190 g/mol. The van der Waals surface area contributed by atoms with Crippen LogP contribution in [0.5, 0.6) is 0 Å². The van der Waals surface area contributed by atoms with Crippen LogP contribution in [0.25, 0.3) is 0 Å². The highest BCUT2D eigenvalue weighted by Crippen LogP contribution is 2.36. The van der Waals surface area contributed by atoms with Crippen LogP contribution < -0.4 is 0 Å². The van der Waals surface area contributed by atoms with Crippen molar-refractivity contribution in [3.8, 4) is 0 Å². The summed E-state index contributed by atoms with van der Waals surface area (Å²) < 4.78 is 26.1. The SMILES string of the molecule is CC(=O)c1cc(C(F)F)nn1C1CC1. The lowest BCUT2D eigenvalue weighted by atomic mass is 10.3. The van der Waals surface area contributed by atoms with Gasteiger partial charge in [-0.2, -0.15) is 5.10 Å². The van der Waals surface area contributed by atoms with Crippen LogP contribution in [0.3, 0.4) is 0 Å². The molecule has 5 heteroatoms. The molecule has 0 atom stereocenters. The molecule has 0 aromatic carbocycles. The summed E-state index contributed by atoms with van der Waals surface area (Å²) in [5.41, 5.74) is -0.00935. The molecule has 0 amide bonds. The first kappa shape index (κ1) is 9.30. The zero-order chi connectivity index (χ0) is 10.3. The second-order valence-corrected chi connectivity index (χ2v) is 3.49. The van der Waals surface area contributed by atoms with E-state index < -0.39 is 6.43 Å². The van der Waals surface area contributed by atoms with Crippen LogP contribution >= 0.6 is 0 Å². The Balaban J connectivity index is 2.40. The van der Waals surface area contributed by atoms with Crippen molar-refractivity contribution in [1.82, 2.24) is 9.78 Å². The van der Waals surface area contributed by atoms with Gasteiger partial charge in [0.2, 0.25) is 0 Å². The number of halogens is 2. The van der Waals surface area contributed by atoms with Crippen molar-refractivity contribution in [3.63, 3.8) is 0 Å². The zero-order valence-electron chi connectivity index (χ0n) is 7.70. The summed E-state index contributed by atoms with van der Waals surface area (Å²) in [6.45, 7) is 1.37. The predicted molar refractivity (Wildman–Crippen MR) is 45.5 cm³/mol. The highest BCUT2D eigenvalue weighted by Gasteiger charge is 2.29. The summed E-state index contributed by atoms with van der Waals surface area (Å²) in [5.74, 6) is -0.212. The smallest absolute Gasteiger partial charge is 0.282 e. The standard InChI is InChI=1S/C9H10F2N2O/c1-5(14)8-4-7(9(10)11)12-13(8)6-2-3-6/h4,6,9H,2-3H2,1H3. The maximum Gasteiger partial charge on any atom is 0.282 e. The first-order valence-corrected chi connectivity index (χ1v) is 4.48. The number of alkyl halides is 2. The molecule has 1 saturated carbocycles. The van der Waals surface area contributed by atoms with E-state index in [1.165, 1.54) is 17.7 Å². The van der Waals surface area contributed by atoms with E-state index in [9.17, 15) is 13.6 Å². The minimum absolute atomic E-state index is 0.154. The summed E-state index contributed by atoms with van der Waals surface area (Å²) in [6, 6.07) is 1.34. The number of nitrogens with zero attached hydrogens (tertiary/aromatic N) is 2. The fraction of sp³-hybridized carbons (Fsp3) is 0.556. The minimum Gasteiger partial charge on any atom is -0.293 e. The van der Waals surface area contributed by atoms with Gasteiger partial charge in [-0.15, -0.1) is 0 Å². The number of hydrogen-bond donors (Lipinski definition) is 0. The molecule has 1 aromatic rings. The average Bonchev–Trinajstić information content (AvgIpc) is 2.83. The van der Waals surface area contributed by atoms with Gasteiger partial charge in [0, 0.05) is 6.92 Å². The van der Waals surface area contributed by atoms with Gasteiger partial charge in [0.25, 0.3) is 6.43 Å². The van der Waals surface area contributed by atoms with E-state index in [2.05, 4.69) is 5.10 Å². The fourth-order valence-corrected chi connectivity index (χ4v) is 1.38. The Bertz CT molecular complexity index is 369. The molecule has 1 heterocycles. The Morgan fingerprint density at radius 1 is 1.64 bits per heavy atom. The molecule has 3 nitrogen and oxygen atoms in total. The van der Waals surface area contributed by atoms with Crippen LogP contribution in [0, 0.1) is 0 Å². The van der Waals surface area contributed by atoms with Gasteiger partial charge in [-0.1, -0.05) is 0 Å². The Morgan fingerprint density at radius 3 is 2.71 bits per heavy atom. The molecule has 0 bridgehead atoms. The van der Waals surface area contributed by atoms with Crippen LogP contribution in [0.2, 0.25) is 0 Å². The second kappa shape index (κ2) is 3.15. The van der Waals surface area contributed by atoms with Crippen LogP contribution in [0.1, 0.15) is 48.4 Å².